The molecule has 0 saturated heterocycles. The number of nitriles is 1. The van der Waals surface area contributed by atoms with Gasteiger partial charge in [0, 0.05) is 12.2 Å². The lowest BCUT2D eigenvalue weighted by Gasteiger charge is -2.23. The van der Waals surface area contributed by atoms with E-state index in [0.29, 0.717) is 12.2 Å². The van der Waals surface area contributed by atoms with Crippen LogP contribution in [0.15, 0.2) is 42.5 Å². The number of rotatable bonds is 7. The van der Waals surface area contributed by atoms with Crippen molar-refractivity contribution >= 4 is 17.5 Å². The van der Waals surface area contributed by atoms with E-state index in [1.165, 1.54) is 0 Å². The SMILES string of the molecule is Cc1ccc(OCC(=O)NCc2ccc(NC(=O)CC#N)cc2)c(C(C)(C)C)c1. The molecule has 0 aromatic heterocycles. The molecule has 29 heavy (non-hydrogen) atoms. The van der Waals surface area contributed by atoms with E-state index in [1.807, 2.05) is 19.1 Å². The number of hydrogen-bond acceptors (Lipinski definition) is 4. The molecule has 2 aromatic rings. The minimum atomic E-state index is -0.351. The summed E-state index contributed by atoms with van der Waals surface area (Å²) in [7, 11) is 0. The Hall–Kier alpha value is -3.33. The van der Waals surface area contributed by atoms with Crippen LogP contribution in [0.2, 0.25) is 0 Å². The third-order valence-electron chi connectivity index (χ3n) is 4.27. The van der Waals surface area contributed by atoms with Crippen molar-refractivity contribution in [3.8, 4) is 11.8 Å². The van der Waals surface area contributed by atoms with Gasteiger partial charge in [0.1, 0.15) is 12.2 Å². The molecule has 0 aliphatic rings. The van der Waals surface area contributed by atoms with E-state index >= 15 is 0 Å². The second-order valence-electron chi connectivity index (χ2n) is 7.90. The van der Waals surface area contributed by atoms with Crippen LogP contribution in [0.5, 0.6) is 5.75 Å². The predicted molar refractivity (Wildman–Crippen MR) is 113 cm³/mol. The summed E-state index contributed by atoms with van der Waals surface area (Å²) in [5.74, 6) is 0.156. The van der Waals surface area contributed by atoms with E-state index in [2.05, 4.69) is 37.5 Å². The van der Waals surface area contributed by atoms with Crippen LogP contribution in [0.4, 0.5) is 5.69 Å². The molecule has 2 amide bonds. The number of amides is 2. The fourth-order valence-corrected chi connectivity index (χ4v) is 2.73. The van der Waals surface area contributed by atoms with Crippen molar-refractivity contribution < 1.29 is 14.3 Å². The first-order valence-electron chi connectivity index (χ1n) is 9.45. The minimum Gasteiger partial charge on any atom is -0.483 e. The highest BCUT2D eigenvalue weighted by atomic mass is 16.5. The molecule has 0 spiro atoms. The van der Waals surface area contributed by atoms with Crippen LogP contribution < -0.4 is 15.4 Å². The normalized spacial score (nSPS) is 10.7. The summed E-state index contributed by atoms with van der Waals surface area (Å²) in [6, 6.07) is 14.8. The molecule has 0 heterocycles. The molecular weight excluding hydrogens is 366 g/mol. The van der Waals surface area contributed by atoms with Gasteiger partial charge in [0.15, 0.2) is 6.61 Å². The summed E-state index contributed by atoms with van der Waals surface area (Å²) < 4.78 is 5.77. The highest BCUT2D eigenvalue weighted by Crippen LogP contribution is 2.32. The summed E-state index contributed by atoms with van der Waals surface area (Å²) in [6.45, 7) is 8.67. The molecular formula is C23H27N3O3. The summed E-state index contributed by atoms with van der Waals surface area (Å²) >= 11 is 0. The third-order valence-corrected chi connectivity index (χ3v) is 4.27. The van der Waals surface area contributed by atoms with Crippen LogP contribution in [0, 0.1) is 18.3 Å². The number of nitrogens with one attached hydrogen (secondary N) is 2. The lowest BCUT2D eigenvalue weighted by molar-refractivity contribution is -0.123. The number of aryl methyl sites for hydroxylation is 1. The zero-order chi connectivity index (χ0) is 21.4. The molecule has 0 radical (unpaired) electrons. The Bertz CT molecular complexity index is 906. The van der Waals surface area contributed by atoms with Crippen LogP contribution in [-0.2, 0) is 21.5 Å². The Labute approximate surface area is 171 Å². The standard InChI is InChI=1S/C23H27N3O3/c1-16-5-10-20(19(13-16)23(2,3)4)29-15-22(28)25-14-17-6-8-18(9-7-17)26-21(27)11-12-24/h5-10,13H,11,14-15H2,1-4H3,(H,25,28)(H,26,27). The van der Waals surface area contributed by atoms with E-state index in [1.54, 1.807) is 30.3 Å². The van der Waals surface area contributed by atoms with E-state index < -0.39 is 0 Å². The number of carbonyl (C=O) groups excluding carboxylic acids is 2. The Morgan fingerprint density at radius 3 is 2.38 bits per heavy atom. The molecule has 0 aliphatic heterocycles. The van der Waals surface area contributed by atoms with Gasteiger partial charge in [-0.05, 0) is 41.7 Å². The van der Waals surface area contributed by atoms with Gasteiger partial charge in [-0.2, -0.15) is 5.26 Å². The van der Waals surface area contributed by atoms with Crippen LogP contribution in [-0.4, -0.2) is 18.4 Å². The highest BCUT2D eigenvalue weighted by molar-refractivity contribution is 5.92. The smallest absolute Gasteiger partial charge is 0.258 e. The summed E-state index contributed by atoms with van der Waals surface area (Å²) in [6.07, 6.45) is -0.185. The summed E-state index contributed by atoms with van der Waals surface area (Å²) in [5.41, 5.74) is 3.64. The number of ether oxygens (including phenoxy) is 1. The van der Waals surface area contributed by atoms with Gasteiger partial charge in [0.05, 0.1) is 6.07 Å². The molecule has 0 aliphatic carbocycles. The van der Waals surface area contributed by atoms with Gasteiger partial charge in [0.2, 0.25) is 5.91 Å². The monoisotopic (exact) mass is 393 g/mol. The van der Waals surface area contributed by atoms with Crippen molar-refractivity contribution in [2.75, 3.05) is 11.9 Å². The Morgan fingerprint density at radius 1 is 1.07 bits per heavy atom. The molecule has 0 unspecified atom stereocenters. The van der Waals surface area contributed by atoms with Gasteiger partial charge in [-0.15, -0.1) is 0 Å². The molecule has 6 heteroatoms. The fourth-order valence-electron chi connectivity index (χ4n) is 2.73. The van der Waals surface area contributed by atoms with E-state index in [-0.39, 0.29) is 30.3 Å². The van der Waals surface area contributed by atoms with Crippen LogP contribution in [0.1, 0.15) is 43.9 Å². The quantitative estimate of drug-likeness (QED) is 0.748. The van der Waals surface area contributed by atoms with Crippen molar-refractivity contribution in [3.05, 3.63) is 59.2 Å². The maximum Gasteiger partial charge on any atom is 0.258 e. The van der Waals surface area contributed by atoms with Crippen molar-refractivity contribution in [2.24, 2.45) is 0 Å². The lowest BCUT2D eigenvalue weighted by Crippen LogP contribution is -2.29. The van der Waals surface area contributed by atoms with E-state index in [4.69, 9.17) is 10.00 Å². The zero-order valence-electron chi connectivity index (χ0n) is 17.3. The van der Waals surface area contributed by atoms with Crippen molar-refractivity contribution in [1.82, 2.24) is 5.32 Å². The average molecular weight is 393 g/mol. The molecule has 0 atom stereocenters. The van der Waals surface area contributed by atoms with Gasteiger partial charge in [-0.3, -0.25) is 9.59 Å². The number of hydrogen-bond donors (Lipinski definition) is 2. The van der Waals surface area contributed by atoms with E-state index in [0.717, 1.165) is 22.4 Å². The van der Waals surface area contributed by atoms with Gasteiger partial charge >= 0.3 is 0 Å². The Kier molecular flexibility index (Phi) is 7.38. The summed E-state index contributed by atoms with van der Waals surface area (Å²) in [5, 5.41) is 14.0. The molecule has 2 N–H and O–H groups in total. The van der Waals surface area contributed by atoms with Gasteiger partial charge in [-0.1, -0.05) is 50.6 Å². The first kappa shape index (κ1) is 22.0. The maximum atomic E-state index is 12.2. The molecule has 0 fully saturated rings. The fraction of sp³-hybridized carbons (Fsp3) is 0.348. The summed E-state index contributed by atoms with van der Waals surface area (Å²) in [4.78, 5) is 23.6. The predicted octanol–water partition coefficient (Wildman–Crippen LogP) is 3.84. The lowest BCUT2D eigenvalue weighted by atomic mass is 9.85. The number of benzene rings is 2. The molecule has 2 rings (SSSR count). The number of carbonyl (C=O) groups is 2. The van der Waals surface area contributed by atoms with Crippen molar-refractivity contribution in [1.29, 1.82) is 5.26 Å². The second kappa shape index (κ2) is 9.74. The molecule has 152 valence electrons. The van der Waals surface area contributed by atoms with E-state index in [9.17, 15) is 9.59 Å². The van der Waals surface area contributed by atoms with Gasteiger partial charge < -0.3 is 15.4 Å². The van der Waals surface area contributed by atoms with Gasteiger partial charge in [-0.25, -0.2) is 0 Å². The van der Waals surface area contributed by atoms with Crippen LogP contribution >= 0.6 is 0 Å². The van der Waals surface area contributed by atoms with Gasteiger partial charge in [0.25, 0.3) is 5.91 Å². The zero-order valence-corrected chi connectivity index (χ0v) is 17.3. The first-order valence-corrected chi connectivity index (χ1v) is 9.45. The minimum absolute atomic E-state index is 0.0611. The molecule has 2 aromatic carbocycles. The second-order valence-corrected chi connectivity index (χ2v) is 7.90. The largest absolute Gasteiger partial charge is 0.483 e. The highest BCUT2D eigenvalue weighted by Gasteiger charge is 2.19. The Morgan fingerprint density at radius 2 is 1.76 bits per heavy atom. The molecule has 0 saturated carbocycles. The first-order chi connectivity index (χ1) is 13.7. The third kappa shape index (κ3) is 6.96. The van der Waals surface area contributed by atoms with Crippen LogP contribution in [0.25, 0.3) is 0 Å². The topological polar surface area (TPSA) is 91.2 Å². The molecule has 0 bridgehead atoms. The number of nitrogens with zero attached hydrogens (tertiary/aromatic N) is 1. The number of anilines is 1. The maximum absolute atomic E-state index is 12.2. The average Bonchev–Trinajstić information content (AvgIpc) is 2.66. The van der Waals surface area contributed by atoms with Crippen molar-refractivity contribution in [2.45, 2.75) is 46.1 Å². The molecule has 6 nitrogen and oxygen atoms in total. The van der Waals surface area contributed by atoms with Crippen LogP contribution in [0.3, 0.4) is 0 Å². The van der Waals surface area contributed by atoms with Crippen molar-refractivity contribution in [3.63, 3.8) is 0 Å². The Balaban J connectivity index is 1.87.